The Morgan fingerprint density at radius 1 is 1.35 bits per heavy atom. The molecular weight excluding hydrogens is 300 g/mol. The summed E-state index contributed by atoms with van der Waals surface area (Å²) in [6.07, 6.45) is 1.90. The highest BCUT2D eigenvalue weighted by atomic mass is 79.9. The Bertz CT molecular complexity index is 673. The number of rotatable bonds is 2. The van der Waals surface area contributed by atoms with Crippen LogP contribution in [-0.2, 0) is 7.05 Å². The Morgan fingerprint density at radius 2 is 2.24 bits per heavy atom. The van der Waals surface area contributed by atoms with E-state index in [1.54, 1.807) is 16.0 Å². The van der Waals surface area contributed by atoms with Gasteiger partial charge in [-0.25, -0.2) is 4.98 Å². The average molecular weight is 309 g/mol. The summed E-state index contributed by atoms with van der Waals surface area (Å²) in [4.78, 5) is 4.50. The molecule has 86 valence electrons. The summed E-state index contributed by atoms with van der Waals surface area (Å²) in [5.74, 6) is 0.811. The van der Waals surface area contributed by atoms with Crippen LogP contribution in [0.5, 0.6) is 0 Å². The molecule has 0 spiro atoms. The lowest BCUT2D eigenvalue weighted by atomic mass is 10.3. The van der Waals surface area contributed by atoms with Gasteiger partial charge in [-0.05, 0) is 18.2 Å². The molecule has 2 heterocycles. The van der Waals surface area contributed by atoms with Gasteiger partial charge in [0.15, 0.2) is 10.9 Å². The second kappa shape index (κ2) is 4.12. The third-order valence-corrected chi connectivity index (χ3v) is 3.73. The fourth-order valence-corrected chi connectivity index (χ4v) is 2.97. The fraction of sp³-hybridized carbons (Fsp3) is 0.0909. The third kappa shape index (κ3) is 2.18. The predicted octanol–water partition coefficient (Wildman–Crippen LogP) is 3.54. The highest BCUT2D eigenvalue weighted by Gasteiger charge is 2.05. The lowest BCUT2D eigenvalue weighted by Gasteiger charge is -1.94. The Hall–Kier alpha value is -1.40. The molecule has 2 aromatic heterocycles. The van der Waals surface area contributed by atoms with Gasteiger partial charge in [0.1, 0.15) is 0 Å². The maximum absolute atomic E-state index is 4.50. The molecule has 1 aromatic carbocycles. The summed E-state index contributed by atoms with van der Waals surface area (Å²) in [6, 6.07) is 7.98. The van der Waals surface area contributed by atoms with Gasteiger partial charge in [0, 0.05) is 23.8 Å². The van der Waals surface area contributed by atoms with E-state index in [0.29, 0.717) is 0 Å². The van der Waals surface area contributed by atoms with Crippen LogP contribution in [0.2, 0.25) is 0 Å². The maximum Gasteiger partial charge on any atom is 0.189 e. The van der Waals surface area contributed by atoms with Crippen LogP contribution in [-0.4, -0.2) is 14.8 Å². The molecule has 1 N–H and O–H groups in total. The van der Waals surface area contributed by atoms with Crippen molar-refractivity contribution in [1.82, 2.24) is 14.8 Å². The molecule has 0 bridgehead atoms. The standard InChI is InChI=1S/C11H9BrN4S/c1-16-5-4-10(15-16)14-11-13-8-3-2-7(12)6-9(8)17-11/h2-6H,1H3,(H,13,14,15). The van der Waals surface area contributed by atoms with E-state index in [0.717, 1.165) is 25.6 Å². The monoisotopic (exact) mass is 308 g/mol. The molecule has 0 aliphatic heterocycles. The molecule has 0 radical (unpaired) electrons. The van der Waals surface area contributed by atoms with Gasteiger partial charge >= 0.3 is 0 Å². The second-order valence-corrected chi connectivity index (χ2v) is 5.58. The first kappa shape index (κ1) is 10.7. The lowest BCUT2D eigenvalue weighted by Crippen LogP contribution is -1.92. The molecule has 4 nitrogen and oxygen atoms in total. The van der Waals surface area contributed by atoms with Crippen molar-refractivity contribution in [2.45, 2.75) is 0 Å². The van der Waals surface area contributed by atoms with E-state index in [2.05, 4.69) is 37.4 Å². The van der Waals surface area contributed by atoms with Crippen LogP contribution in [0.3, 0.4) is 0 Å². The Balaban J connectivity index is 1.95. The molecule has 0 saturated carbocycles. The van der Waals surface area contributed by atoms with Gasteiger partial charge in [0.25, 0.3) is 0 Å². The number of fused-ring (bicyclic) bond motifs is 1. The summed E-state index contributed by atoms with van der Waals surface area (Å²) >= 11 is 5.07. The molecule has 3 aromatic rings. The summed E-state index contributed by atoms with van der Waals surface area (Å²) in [7, 11) is 1.89. The Morgan fingerprint density at radius 3 is 3.00 bits per heavy atom. The zero-order valence-electron chi connectivity index (χ0n) is 9.01. The van der Waals surface area contributed by atoms with E-state index < -0.39 is 0 Å². The summed E-state index contributed by atoms with van der Waals surface area (Å²) in [5.41, 5.74) is 0.997. The molecule has 0 saturated heterocycles. The number of anilines is 2. The van der Waals surface area contributed by atoms with Crippen molar-refractivity contribution in [3.63, 3.8) is 0 Å². The third-order valence-electron chi connectivity index (χ3n) is 2.30. The summed E-state index contributed by atoms with van der Waals surface area (Å²) < 4.78 is 3.97. The van der Waals surface area contributed by atoms with Gasteiger partial charge < -0.3 is 5.32 Å². The van der Waals surface area contributed by atoms with E-state index in [4.69, 9.17) is 0 Å². The lowest BCUT2D eigenvalue weighted by molar-refractivity contribution is 0.771. The highest BCUT2D eigenvalue weighted by Crippen LogP contribution is 2.29. The second-order valence-electron chi connectivity index (χ2n) is 3.63. The van der Waals surface area contributed by atoms with Crippen molar-refractivity contribution in [2.75, 3.05) is 5.32 Å². The van der Waals surface area contributed by atoms with Gasteiger partial charge in [-0.1, -0.05) is 27.3 Å². The quantitative estimate of drug-likeness (QED) is 0.787. The molecule has 0 aliphatic rings. The number of hydrogen-bond acceptors (Lipinski definition) is 4. The largest absolute Gasteiger partial charge is 0.315 e. The highest BCUT2D eigenvalue weighted by molar-refractivity contribution is 9.10. The predicted molar refractivity (Wildman–Crippen MR) is 73.8 cm³/mol. The normalized spacial score (nSPS) is 10.9. The maximum atomic E-state index is 4.50. The molecule has 0 fully saturated rings. The summed E-state index contributed by atoms with van der Waals surface area (Å²) in [6.45, 7) is 0. The van der Waals surface area contributed by atoms with Crippen molar-refractivity contribution in [3.05, 3.63) is 34.9 Å². The Kier molecular flexibility index (Phi) is 2.60. The molecule has 17 heavy (non-hydrogen) atoms. The smallest absolute Gasteiger partial charge is 0.189 e. The molecule has 3 rings (SSSR count). The number of halogens is 1. The van der Waals surface area contributed by atoms with Crippen LogP contribution in [0.4, 0.5) is 10.9 Å². The number of nitrogens with one attached hydrogen (secondary N) is 1. The first-order chi connectivity index (χ1) is 8.20. The molecule has 0 amide bonds. The van der Waals surface area contributed by atoms with Crippen molar-refractivity contribution >= 4 is 48.4 Å². The van der Waals surface area contributed by atoms with Crippen molar-refractivity contribution in [3.8, 4) is 0 Å². The molecule has 0 atom stereocenters. The topological polar surface area (TPSA) is 42.7 Å². The molecule has 0 aliphatic carbocycles. The number of nitrogens with zero attached hydrogens (tertiary/aromatic N) is 3. The number of benzene rings is 1. The molecule has 0 unspecified atom stereocenters. The minimum absolute atomic E-state index is 0.811. The van der Waals surface area contributed by atoms with E-state index in [9.17, 15) is 0 Å². The fourth-order valence-electron chi connectivity index (χ4n) is 1.54. The van der Waals surface area contributed by atoms with Crippen LogP contribution in [0, 0.1) is 0 Å². The van der Waals surface area contributed by atoms with Gasteiger partial charge in [0.05, 0.1) is 10.2 Å². The molecular formula is C11H9BrN4S. The van der Waals surface area contributed by atoms with E-state index in [1.165, 1.54) is 0 Å². The SMILES string of the molecule is Cn1ccc(Nc2nc3ccc(Br)cc3s2)n1. The van der Waals surface area contributed by atoms with E-state index in [-0.39, 0.29) is 0 Å². The number of hydrogen-bond donors (Lipinski definition) is 1. The van der Waals surface area contributed by atoms with E-state index in [1.807, 2.05) is 31.4 Å². The van der Waals surface area contributed by atoms with Crippen LogP contribution in [0.15, 0.2) is 34.9 Å². The van der Waals surface area contributed by atoms with E-state index >= 15 is 0 Å². The summed E-state index contributed by atoms with van der Waals surface area (Å²) in [5, 5.41) is 8.31. The zero-order chi connectivity index (χ0) is 11.8. The van der Waals surface area contributed by atoms with Crippen molar-refractivity contribution in [2.24, 2.45) is 7.05 Å². The van der Waals surface area contributed by atoms with Gasteiger partial charge in [-0.3, -0.25) is 4.68 Å². The number of aromatic nitrogens is 3. The molecule has 6 heteroatoms. The first-order valence-corrected chi connectivity index (χ1v) is 6.64. The number of aryl methyl sites for hydroxylation is 1. The van der Waals surface area contributed by atoms with Crippen molar-refractivity contribution in [1.29, 1.82) is 0 Å². The van der Waals surface area contributed by atoms with Crippen LogP contribution in [0.25, 0.3) is 10.2 Å². The minimum Gasteiger partial charge on any atom is -0.315 e. The number of thiazole rings is 1. The van der Waals surface area contributed by atoms with Gasteiger partial charge in [-0.15, -0.1) is 0 Å². The van der Waals surface area contributed by atoms with Crippen LogP contribution < -0.4 is 5.32 Å². The van der Waals surface area contributed by atoms with Gasteiger partial charge in [0.2, 0.25) is 0 Å². The minimum atomic E-state index is 0.811. The first-order valence-electron chi connectivity index (χ1n) is 5.03. The zero-order valence-corrected chi connectivity index (χ0v) is 11.4. The van der Waals surface area contributed by atoms with Crippen molar-refractivity contribution < 1.29 is 0 Å². The van der Waals surface area contributed by atoms with Crippen LogP contribution in [0.1, 0.15) is 0 Å². The Labute approximate surface area is 110 Å². The van der Waals surface area contributed by atoms with Gasteiger partial charge in [-0.2, -0.15) is 5.10 Å². The van der Waals surface area contributed by atoms with Crippen LogP contribution >= 0.6 is 27.3 Å². The average Bonchev–Trinajstić information content (AvgIpc) is 2.84.